The summed E-state index contributed by atoms with van der Waals surface area (Å²) in [5.41, 5.74) is 2.10. The first kappa shape index (κ1) is 20.0. The van der Waals surface area contributed by atoms with Crippen LogP contribution in [0, 0.1) is 0 Å². The van der Waals surface area contributed by atoms with E-state index in [9.17, 15) is 4.79 Å². The molecule has 1 fully saturated rings. The normalized spacial score (nSPS) is 20.5. The molecule has 152 valence electrons. The van der Waals surface area contributed by atoms with Crippen LogP contribution in [0.4, 0.5) is 5.69 Å². The molecule has 5 nitrogen and oxygen atoms in total. The maximum atomic E-state index is 13.1. The van der Waals surface area contributed by atoms with Crippen LogP contribution in [0.1, 0.15) is 18.9 Å². The number of benzene rings is 2. The van der Waals surface area contributed by atoms with Crippen LogP contribution >= 0.6 is 11.3 Å². The topological polar surface area (TPSA) is 42.1 Å². The Morgan fingerprint density at radius 1 is 1.07 bits per heavy atom. The zero-order chi connectivity index (χ0) is 20.2. The minimum Gasteiger partial charge on any atom is -0.320 e. The van der Waals surface area contributed by atoms with Crippen molar-refractivity contribution in [1.29, 1.82) is 0 Å². The highest BCUT2D eigenvalue weighted by Gasteiger charge is 2.33. The number of likely N-dealkylation sites (N-methyl/N-ethyl adjacent to an activating group) is 1. The van der Waals surface area contributed by atoms with Gasteiger partial charge in [-0.05, 0) is 38.1 Å². The van der Waals surface area contributed by atoms with E-state index in [1.54, 1.807) is 4.90 Å². The summed E-state index contributed by atoms with van der Waals surface area (Å²) in [5.74, 6) is 0.225. The van der Waals surface area contributed by atoms with Gasteiger partial charge >= 0.3 is 0 Å². The van der Waals surface area contributed by atoms with Crippen molar-refractivity contribution in [2.75, 3.05) is 37.6 Å². The number of hydrogen-bond acceptors (Lipinski definition) is 3. The number of amides is 1. The molecule has 0 unspecified atom stereocenters. The highest BCUT2D eigenvalue weighted by Crippen LogP contribution is 2.20. The molecule has 0 aliphatic carbocycles. The molecule has 2 aromatic carbocycles. The lowest BCUT2D eigenvalue weighted by Crippen LogP contribution is -3.29. The smallest absolute Gasteiger partial charge is 0.284 e. The van der Waals surface area contributed by atoms with Gasteiger partial charge in [0.25, 0.3) is 5.91 Å². The van der Waals surface area contributed by atoms with Gasteiger partial charge in [0.15, 0.2) is 6.04 Å². The lowest BCUT2D eigenvalue weighted by molar-refractivity contribution is -1.02. The molecular formula is C23H30N4OS+2. The number of carbonyl (C=O) groups is 1. The van der Waals surface area contributed by atoms with Crippen LogP contribution in [-0.2, 0) is 11.3 Å². The molecule has 4 rings (SSSR count). The van der Waals surface area contributed by atoms with E-state index in [1.807, 2.05) is 59.6 Å². The first-order valence-electron chi connectivity index (χ1n) is 10.5. The van der Waals surface area contributed by atoms with Crippen LogP contribution in [0.15, 0.2) is 54.6 Å². The Morgan fingerprint density at radius 2 is 1.76 bits per heavy atom. The number of carbonyl (C=O) groups excluding carboxylic acids is 1. The number of para-hydroxylation sites is 2. The molecule has 2 N–H and O–H groups in total. The Labute approximate surface area is 176 Å². The third-order valence-corrected chi connectivity index (χ3v) is 7.01. The van der Waals surface area contributed by atoms with Crippen LogP contribution in [0.3, 0.4) is 0 Å². The van der Waals surface area contributed by atoms with Gasteiger partial charge in [0.2, 0.25) is 0 Å². The fourth-order valence-corrected chi connectivity index (χ4v) is 5.26. The third-order valence-electron chi connectivity index (χ3n) is 5.97. The molecule has 1 atom stereocenters. The van der Waals surface area contributed by atoms with Crippen molar-refractivity contribution in [3.05, 3.63) is 59.6 Å². The van der Waals surface area contributed by atoms with Crippen LogP contribution in [0.25, 0.3) is 10.2 Å². The van der Waals surface area contributed by atoms with Crippen molar-refractivity contribution in [3.8, 4) is 0 Å². The molecule has 0 saturated carbocycles. The van der Waals surface area contributed by atoms with Gasteiger partial charge in [0.05, 0.1) is 10.2 Å². The summed E-state index contributed by atoms with van der Waals surface area (Å²) in [4.78, 5) is 22.8. The van der Waals surface area contributed by atoms with E-state index in [1.165, 1.54) is 14.6 Å². The fourth-order valence-electron chi connectivity index (χ4n) is 4.23. The maximum absolute atomic E-state index is 13.1. The summed E-state index contributed by atoms with van der Waals surface area (Å²) in [6, 6.07) is 18.4. The molecule has 3 aromatic rings. The van der Waals surface area contributed by atoms with E-state index in [4.69, 9.17) is 4.98 Å². The molecule has 2 heterocycles. The monoisotopic (exact) mass is 410 g/mol. The van der Waals surface area contributed by atoms with E-state index in [0.717, 1.165) is 43.9 Å². The second kappa shape index (κ2) is 9.03. The number of quaternary nitrogens is 2. The second-order valence-electron chi connectivity index (χ2n) is 7.80. The van der Waals surface area contributed by atoms with Crippen molar-refractivity contribution in [1.82, 2.24) is 4.98 Å². The Morgan fingerprint density at radius 3 is 2.45 bits per heavy atom. The Kier molecular flexibility index (Phi) is 6.23. The number of nitrogens with zero attached hydrogens (tertiary/aromatic N) is 2. The van der Waals surface area contributed by atoms with Gasteiger partial charge in [-0.1, -0.05) is 30.3 Å². The van der Waals surface area contributed by atoms with E-state index in [-0.39, 0.29) is 11.9 Å². The highest BCUT2D eigenvalue weighted by atomic mass is 32.1. The molecule has 1 aliphatic rings. The number of fused-ring (bicyclic) bond motifs is 1. The van der Waals surface area contributed by atoms with Crippen LogP contribution in [0.5, 0.6) is 0 Å². The predicted octanol–water partition coefficient (Wildman–Crippen LogP) is 1.02. The molecule has 6 heteroatoms. The Balaban J connectivity index is 1.34. The molecule has 0 spiro atoms. The zero-order valence-electron chi connectivity index (χ0n) is 17.2. The molecule has 1 aliphatic heterocycles. The number of hydrogen-bond donors (Lipinski definition) is 2. The quantitative estimate of drug-likeness (QED) is 0.637. The largest absolute Gasteiger partial charge is 0.320 e. The van der Waals surface area contributed by atoms with Gasteiger partial charge in [-0.3, -0.25) is 4.79 Å². The Bertz CT molecular complexity index is 917. The number of thiazole rings is 1. The van der Waals surface area contributed by atoms with Gasteiger partial charge in [-0.15, -0.1) is 11.3 Å². The van der Waals surface area contributed by atoms with Gasteiger partial charge in [-0.2, -0.15) is 0 Å². The minimum atomic E-state index is -0.0147. The van der Waals surface area contributed by atoms with Gasteiger partial charge in [0.1, 0.15) is 37.7 Å². The SMILES string of the molecule is CCN(C(=O)[C@@H](C)[NH+]1CC[NH+](Cc2nc3ccccc3s2)CC1)c1ccccc1. The minimum absolute atomic E-state index is 0.0147. The lowest BCUT2D eigenvalue weighted by Gasteiger charge is -2.34. The molecule has 0 bridgehead atoms. The molecule has 1 aromatic heterocycles. The average molecular weight is 411 g/mol. The van der Waals surface area contributed by atoms with Gasteiger partial charge in [-0.25, -0.2) is 4.98 Å². The van der Waals surface area contributed by atoms with E-state index in [0.29, 0.717) is 6.54 Å². The van der Waals surface area contributed by atoms with Crippen molar-refractivity contribution in [2.24, 2.45) is 0 Å². The molecule has 1 amide bonds. The summed E-state index contributed by atoms with van der Waals surface area (Å²) < 4.78 is 1.27. The van der Waals surface area contributed by atoms with E-state index in [2.05, 4.69) is 25.1 Å². The average Bonchev–Trinajstić information content (AvgIpc) is 3.17. The number of rotatable bonds is 6. The number of anilines is 1. The number of aromatic nitrogens is 1. The highest BCUT2D eigenvalue weighted by molar-refractivity contribution is 7.18. The van der Waals surface area contributed by atoms with Crippen LogP contribution in [0.2, 0.25) is 0 Å². The van der Waals surface area contributed by atoms with Crippen LogP contribution < -0.4 is 14.7 Å². The van der Waals surface area contributed by atoms with Crippen molar-refractivity contribution in [2.45, 2.75) is 26.4 Å². The fraction of sp³-hybridized carbons (Fsp3) is 0.391. The summed E-state index contributed by atoms with van der Waals surface area (Å²) in [5, 5.41) is 1.22. The first-order valence-corrected chi connectivity index (χ1v) is 11.4. The lowest BCUT2D eigenvalue weighted by atomic mass is 10.2. The standard InChI is InChI=1S/C23H28N4OS/c1-3-27(19-9-5-4-6-10-19)23(28)18(2)26-15-13-25(14-16-26)17-22-24-20-11-7-8-12-21(20)29-22/h4-12,18H,3,13-17H2,1-2H3/p+2/t18-/m1/s1. The summed E-state index contributed by atoms with van der Waals surface area (Å²) in [6.07, 6.45) is 0. The molecule has 1 saturated heterocycles. The summed E-state index contributed by atoms with van der Waals surface area (Å²) in [7, 11) is 0. The molecule has 0 radical (unpaired) electrons. The third kappa shape index (κ3) is 4.50. The van der Waals surface area contributed by atoms with E-state index < -0.39 is 0 Å². The first-order chi connectivity index (χ1) is 14.2. The predicted molar refractivity (Wildman–Crippen MR) is 119 cm³/mol. The summed E-state index contributed by atoms with van der Waals surface area (Å²) in [6.45, 7) is 10.0. The van der Waals surface area contributed by atoms with Gasteiger partial charge in [0, 0.05) is 12.2 Å². The Hall–Kier alpha value is -2.28. The van der Waals surface area contributed by atoms with Crippen molar-refractivity contribution in [3.63, 3.8) is 0 Å². The summed E-state index contributed by atoms with van der Waals surface area (Å²) >= 11 is 1.81. The molecule has 29 heavy (non-hydrogen) atoms. The van der Waals surface area contributed by atoms with Crippen molar-refractivity contribution >= 4 is 33.1 Å². The zero-order valence-corrected chi connectivity index (χ0v) is 18.0. The van der Waals surface area contributed by atoms with E-state index >= 15 is 0 Å². The maximum Gasteiger partial charge on any atom is 0.284 e. The molecular weight excluding hydrogens is 380 g/mol. The van der Waals surface area contributed by atoms with Crippen molar-refractivity contribution < 1.29 is 14.6 Å². The second-order valence-corrected chi connectivity index (χ2v) is 8.92. The van der Waals surface area contributed by atoms with Crippen LogP contribution in [-0.4, -0.2) is 49.7 Å². The number of piperazine rings is 1. The number of nitrogens with one attached hydrogen (secondary N) is 2. The van der Waals surface area contributed by atoms with Gasteiger partial charge < -0.3 is 14.7 Å².